The van der Waals surface area contributed by atoms with Crippen LogP contribution in [-0.4, -0.2) is 22.9 Å². The second-order valence-corrected chi connectivity index (χ2v) is 5.09. The van der Waals surface area contributed by atoms with Crippen LogP contribution >= 0.6 is 0 Å². The van der Waals surface area contributed by atoms with E-state index in [-0.39, 0.29) is 0 Å². The molecule has 0 atom stereocenters. The number of aryl methyl sites for hydroxylation is 1. The summed E-state index contributed by atoms with van der Waals surface area (Å²) in [6, 6.07) is 8.56. The van der Waals surface area contributed by atoms with E-state index in [2.05, 4.69) is 39.6 Å². The molecule has 1 aliphatic rings. The van der Waals surface area contributed by atoms with Gasteiger partial charge in [0.25, 0.3) is 0 Å². The highest BCUT2D eigenvalue weighted by molar-refractivity contribution is 5.70. The first kappa shape index (κ1) is 12.1. The van der Waals surface area contributed by atoms with E-state index in [1.807, 2.05) is 24.1 Å². The summed E-state index contributed by atoms with van der Waals surface area (Å²) in [5.41, 5.74) is 3.75. The molecule has 4 heteroatoms. The number of hydrogen-bond acceptors (Lipinski definition) is 3. The third kappa shape index (κ3) is 2.72. The first-order chi connectivity index (χ1) is 9.33. The molecule has 1 aromatic heterocycles. The van der Waals surface area contributed by atoms with Crippen molar-refractivity contribution in [3.63, 3.8) is 0 Å². The molecule has 19 heavy (non-hydrogen) atoms. The third-order valence-corrected chi connectivity index (χ3v) is 3.59. The number of anilines is 2. The number of aromatic nitrogens is 2. The molecule has 2 heterocycles. The maximum atomic E-state index is 4.20. The highest BCUT2D eigenvalue weighted by Crippen LogP contribution is 2.28. The number of para-hydroxylation sites is 2. The summed E-state index contributed by atoms with van der Waals surface area (Å²) in [5.74, 6) is 0. The van der Waals surface area contributed by atoms with Crippen molar-refractivity contribution in [2.24, 2.45) is 7.05 Å². The van der Waals surface area contributed by atoms with Gasteiger partial charge in [-0.3, -0.25) is 4.68 Å². The average molecular weight is 256 g/mol. The number of nitrogens with zero attached hydrogens (tertiary/aromatic N) is 3. The van der Waals surface area contributed by atoms with E-state index < -0.39 is 0 Å². The molecule has 0 radical (unpaired) electrons. The van der Waals surface area contributed by atoms with E-state index in [4.69, 9.17) is 0 Å². The third-order valence-electron chi connectivity index (χ3n) is 3.59. The van der Waals surface area contributed by atoms with Gasteiger partial charge in [-0.2, -0.15) is 5.10 Å². The maximum Gasteiger partial charge on any atom is 0.0602 e. The zero-order chi connectivity index (χ0) is 13.1. The van der Waals surface area contributed by atoms with Crippen LogP contribution in [0.3, 0.4) is 0 Å². The zero-order valence-electron chi connectivity index (χ0n) is 11.3. The van der Waals surface area contributed by atoms with Crippen LogP contribution in [0, 0.1) is 0 Å². The monoisotopic (exact) mass is 256 g/mol. The molecule has 1 aliphatic heterocycles. The molecule has 4 nitrogen and oxygen atoms in total. The average Bonchev–Trinajstić information content (AvgIpc) is 3.08. The van der Waals surface area contributed by atoms with E-state index in [1.165, 1.54) is 42.9 Å². The Balaban J connectivity index is 1.73. The normalized spacial score (nSPS) is 14.9. The smallest absolute Gasteiger partial charge is 0.0602 e. The molecule has 1 saturated heterocycles. The summed E-state index contributed by atoms with van der Waals surface area (Å²) in [7, 11) is 1.95. The van der Waals surface area contributed by atoms with Gasteiger partial charge in [0.1, 0.15) is 0 Å². The minimum Gasteiger partial charge on any atom is -0.379 e. The summed E-state index contributed by atoms with van der Waals surface area (Å²) >= 11 is 0. The summed E-state index contributed by atoms with van der Waals surface area (Å²) in [6.45, 7) is 3.16. The first-order valence-electron chi connectivity index (χ1n) is 6.88. The minimum absolute atomic E-state index is 0.818. The highest BCUT2D eigenvalue weighted by Gasteiger charge is 2.15. The van der Waals surface area contributed by atoms with Crippen molar-refractivity contribution in [1.82, 2.24) is 9.78 Å². The van der Waals surface area contributed by atoms with Crippen LogP contribution in [0.5, 0.6) is 0 Å². The van der Waals surface area contributed by atoms with Gasteiger partial charge in [0, 0.05) is 38.4 Å². The lowest BCUT2D eigenvalue weighted by atomic mass is 10.2. The molecule has 3 rings (SSSR count). The van der Waals surface area contributed by atoms with Crippen LogP contribution in [0.1, 0.15) is 18.4 Å². The Bertz CT molecular complexity index is 541. The molecule has 1 aromatic carbocycles. The Morgan fingerprint density at radius 3 is 2.74 bits per heavy atom. The van der Waals surface area contributed by atoms with Gasteiger partial charge in [0.15, 0.2) is 0 Å². The second-order valence-electron chi connectivity index (χ2n) is 5.09. The Kier molecular flexibility index (Phi) is 3.40. The van der Waals surface area contributed by atoms with E-state index in [1.54, 1.807) is 0 Å². The van der Waals surface area contributed by atoms with Crippen molar-refractivity contribution >= 4 is 11.4 Å². The van der Waals surface area contributed by atoms with Crippen molar-refractivity contribution in [3.05, 3.63) is 42.2 Å². The van der Waals surface area contributed by atoms with Gasteiger partial charge in [-0.25, -0.2) is 0 Å². The molecule has 1 fully saturated rings. The number of hydrogen-bond donors (Lipinski definition) is 1. The van der Waals surface area contributed by atoms with E-state index in [0.29, 0.717) is 0 Å². The van der Waals surface area contributed by atoms with E-state index in [0.717, 1.165) is 6.54 Å². The van der Waals surface area contributed by atoms with Crippen molar-refractivity contribution in [3.8, 4) is 0 Å². The Labute approximate surface area is 114 Å². The fourth-order valence-corrected chi connectivity index (χ4v) is 2.62. The summed E-state index contributed by atoms with van der Waals surface area (Å²) < 4.78 is 1.84. The fourth-order valence-electron chi connectivity index (χ4n) is 2.62. The van der Waals surface area contributed by atoms with Crippen LogP contribution in [0.2, 0.25) is 0 Å². The molecule has 0 aliphatic carbocycles. The van der Waals surface area contributed by atoms with Gasteiger partial charge >= 0.3 is 0 Å². The van der Waals surface area contributed by atoms with Gasteiger partial charge in [-0.05, 0) is 25.0 Å². The summed E-state index contributed by atoms with van der Waals surface area (Å²) in [5, 5.41) is 7.72. The van der Waals surface area contributed by atoms with Crippen LogP contribution in [-0.2, 0) is 13.6 Å². The lowest BCUT2D eigenvalue weighted by Gasteiger charge is -2.21. The predicted octanol–water partition coefficient (Wildman–Crippen LogP) is 2.63. The highest BCUT2D eigenvalue weighted by atomic mass is 15.2. The summed E-state index contributed by atoms with van der Waals surface area (Å²) in [4.78, 5) is 2.46. The van der Waals surface area contributed by atoms with Crippen molar-refractivity contribution in [2.75, 3.05) is 23.3 Å². The molecule has 1 N–H and O–H groups in total. The van der Waals surface area contributed by atoms with Crippen LogP contribution < -0.4 is 10.2 Å². The maximum absolute atomic E-state index is 4.20. The summed E-state index contributed by atoms with van der Waals surface area (Å²) in [6.07, 6.45) is 6.56. The molecule has 0 spiro atoms. The number of nitrogens with one attached hydrogen (secondary N) is 1. The SMILES string of the molecule is Cn1cc(CNc2ccccc2N2CCCC2)cn1. The Morgan fingerprint density at radius 1 is 1.21 bits per heavy atom. The molecule has 0 bridgehead atoms. The topological polar surface area (TPSA) is 33.1 Å². The first-order valence-corrected chi connectivity index (χ1v) is 6.88. The Hall–Kier alpha value is -1.97. The molecule has 0 saturated carbocycles. The largest absolute Gasteiger partial charge is 0.379 e. The second kappa shape index (κ2) is 5.34. The molecule has 0 amide bonds. The standard InChI is InChI=1S/C15H20N4/c1-18-12-13(11-17-18)10-16-14-6-2-3-7-15(14)19-8-4-5-9-19/h2-3,6-7,11-12,16H,4-5,8-10H2,1H3. The molecular formula is C15H20N4. The van der Waals surface area contributed by atoms with Gasteiger partial charge in [-0.15, -0.1) is 0 Å². The zero-order valence-corrected chi connectivity index (χ0v) is 11.3. The van der Waals surface area contributed by atoms with E-state index in [9.17, 15) is 0 Å². The fraction of sp³-hybridized carbons (Fsp3) is 0.400. The minimum atomic E-state index is 0.818. The lowest BCUT2D eigenvalue weighted by Crippen LogP contribution is -2.19. The van der Waals surface area contributed by atoms with Gasteiger partial charge in [0.2, 0.25) is 0 Å². The number of rotatable bonds is 4. The van der Waals surface area contributed by atoms with Gasteiger partial charge < -0.3 is 10.2 Å². The van der Waals surface area contributed by atoms with E-state index >= 15 is 0 Å². The quantitative estimate of drug-likeness (QED) is 0.913. The van der Waals surface area contributed by atoms with Crippen LogP contribution in [0.15, 0.2) is 36.7 Å². The van der Waals surface area contributed by atoms with Crippen molar-refractivity contribution in [1.29, 1.82) is 0 Å². The molecular weight excluding hydrogens is 236 g/mol. The Morgan fingerprint density at radius 2 is 2.00 bits per heavy atom. The van der Waals surface area contributed by atoms with Gasteiger partial charge in [0.05, 0.1) is 17.6 Å². The van der Waals surface area contributed by atoms with Crippen molar-refractivity contribution in [2.45, 2.75) is 19.4 Å². The van der Waals surface area contributed by atoms with Crippen LogP contribution in [0.4, 0.5) is 11.4 Å². The van der Waals surface area contributed by atoms with Gasteiger partial charge in [-0.1, -0.05) is 12.1 Å². The molecule has 2 aromatic rings. The predicted molar refractivity (Wildman–Crippen MR) is 78.4 cm³/mol. The molecule has 0 unspecified atom stereocenters. The number of benzene rings is 1. The van der Waals surface area contributed by atoms with Crippen molar-refractivity contribution < 1.29 is 0 Å². The molecule has 100 valence electrons. The van der Waals surface area contributed by atoms with Crippen LogP contribution in [0.25, 0.3) is 0 Å². The lowest BCUT2D eigenvalue weighted by molar-refractivity contribution is 0.767.